The number of halogens is 2. The van der Waals surface area contributed by atoms with Crippen LogP contribution in [0.3, 0.4) is 0 Å². The number of aliphatic hydroxyl groups is 1. The van der Waals surface area contributed by atoms with Gasteiger partial charge in [0.15, 0.2) is 5.76 Å². The van der Waals surface area contributed by atoms with E-state index in [2.05, 4.69) is 0 Å². The zero-order chi connectivity index (χ0) is 21.2. The molecule has 11 heteroatoms. The van der Waals surface area contributed by atoms with Gasteiger partial charge in [0, 0.05) is 33.7 Å². The van der Waals surface area contributed by atoms with Crippen molar-refractivity contribution in [2.75, 3.05) is 40.0 Å². The number of nitrogens with zero attached hydrogens (tertiary/aromatic N) is 3. The summed E-state index contributed by atoms with van der Waals surface area (Å²) >= 11 is 11.9. The highest BCUT2D eigenvalue weighted by Gasteiger charge is 2.35. The van der Waals surface area contributed by atoms with Crippen molar-refractivity contribution in [1.82, 2.24) is 14.1 Å². The molecule has 0 saturated heterocycles. The Morgan fingerprint density at radius 3 is 2.46 bits per heavy atom. The number of amides is 2. The molecule has 2 amide bonds. The number of hydrogen-bond acceptors (Lipinski definition) is 5. The van der Waals surface area contributed by atoms with Gasteiger partial charge in [-0.25, -0.2) is 12.7 Å². The van der Waals surface area contributed by atoms with Crippen molar-refractivity contribution in [1.29, 1.82) is 0 Å². The quantitative estimate of drug-likeness (QED) is 0.679. The van der Waals surface area contributed by atoms with Crippen LogP contribution in [0.5, 0.6) is 0 Å². The smallest absolute Gasteiger partial charge is 0.289 e. The number of carbonyl (C=O) groups excluding carboxylic acids is 2. The summed E-state index contributed by atoms with van der Waals surface area (Å²) in [4.78, 5) is 27.4. The second-order valence-corrected chi connectivity index (χ2v) is 9.45. The van der Waals surface area contributed by atoms with E-state index in [1.165, 1.54) is 23.9 Å². The largest absolute Gasteiger partial charge is 0.503 e. The highest BCUT2D eigenvalue weighted by Crippen LogP contribution is 2.24. The van der Waals surface area contributed by atoms with Crippen LogP contribution in [-0.4, -0.2) is 79.4 Å². The summed E-state index contributed by atoms with van der Waals surface area (Å²) < 4.78 is 24.0. The Morgan fingerprint density at radius 2 is 1.89 bits per heavy atom. The average Bonchev–Trinajstić information content (AvgIpc) is 2.89. The van der Waals surface area contributed by atoms with E-state index >= 15 is 0 Å². The molecule has 0 aliphatic carbocycles. The minimum absolute atomic E-state index is 0.0328. The van der Waals surface area contributed by atoms with Crippen molar-refractivity contribution in [2.24, 2.45) is 0 Å². The predicted molar refractivity (Wildman–Crippen MR) is 107 cm³/mol. The average molecular weight is 450 g/mol. The summed E-state index contributed by atoms with van der Waals surface area (Å²) in [5.41, 5.74) is 0.705. The van der Waals surface area contributed by atoms with Gasteiger partial charge in [-0.1, -0.05) is 29.3 Å². The molecule has 1 aromatic carbocycles. The molecule has 0 spiro atoms. The third kappa shape index (κ3) is 5.16. The maximum atomic E-state index is 12.7. The Hall–Kier alpha value is -1.81. The molecule has 2 rings (SSSR count). The van der Waals surface area contributed by atoms with Crippen molar-refractivity contribution in [3.05, 3.63) is 45.1 Å². The van der Waals surface area contributed by atoms with Crippen molar-refractivity contribution < 1.29 is 23.1 Å². The first-order valence-electron chi connectivity index (χ1n) is 8.24. The Bertz CT molecular complexity index is 933. The number of rotatable bonds is 7. The van der Waals surface area contributed by atoms with Gasteiger partial charge in [-0.05, 0) is 17.7 Å². The second-order valence-electron chi connectivity index (χ2n) is 6.55. The summed E-state index contributed by atoms with van der Waals surface area (Å²) in [6, 6.07) is 4.97. The zero-order valence-corrected chi connectivity index (χ0v) is 18.0. The third-order valence-corrected chi connectivity index (χ3v) is 6.44. The minimum atomic E-state index is -3.39. The fourth-order valence-corrected chi connectivity index (χ4v) is 3.34. The Morgan fingerprint density at radius 1 is 1.25 bits per heavy atom. The van der Waals surface area contributed by atoms with E-state index in [9.17, 15) is 23.1 Å². The highest BCUT2D eigenvalue weighted by atomic mass is 35.5. The van der Waals surface area contributed by atoms with E-state index in [0.717, 1.165) is 16.1 Å². The lowest BCUT2D eigenvalue weighted by molar-refractivity contribution is -0.128. The van der Waals surface area contributed by atoms with E-state index < -0.39 is 27.6 Å². The van der Waals surface area contributed by atoms with Crippen LogP contribution >= 0.6 is 23.2 Å². The fraction of sp³-hybridized carbons (Fsp3) is 0.412. The topological polar surface area (TPSA) is 98.2 Å². The fourth-order valence-electron chi connectivity index (χ4n) is 2.61. The molecular weight excluding hydrogens is 429 g/mol. The summed E-state index contributed by atoms with van der Waals surface area (Å²) in [7, 11) is -0.460. The van der Waals surface area contributed by atoms with E-state index in [1.807, 2.05) is 0 Å². The van der Waals surface area contributed by atoms with Gasteiger partial charge in [-0.3, -0.25) is 9.59 Å². The minimum Gasteiger partial charge on any atom is -0.503 e. The highest BCUT2D eigenvalue weighted by molar-refractivity contribution is 7.88. The van der Waals surface area contributed by atoms with Gasteiger partial charge in [0.1, 0.15) is 0 Å². The molecule has 8 nitrogen and oxygen atoms in total. The van der Waals surface area contributed by atoms with Crippen molar-refractivity contribution >= 4 is 45.0 Å². The number of hydrogen-bond donors (Lipinski definition) is 1. The molecule has 1 aromatic rings. The molecule has 1 aliphatic heterocycles. The van der Waals surface area contributed by atoms with Gasteiger partial charge in [-0.15, -0.1) is 0 Å². The summed E-state index contributed by atoms with van der Waals surface area (Å²) in [5.74, 6) is -1.82. The number of likely N-dealkylation sites (N-methyl/N-ethyl adjacent to an activating group) is 2. The zero-order valence-electron chi connectivity index (χ0n) is 15.6. The molecule has 1 heterocycles. The number of sulfonamides is 1. The molecule has 0 atom stereocenters. The Balaban J connectivity index is 2.04. The van der Waals surface area contributed by atoms with Crippen LogP contribution in [0.2, 0.25) is 10.0 Å². The SMILES string of the molecule is CN(Cc1ccc(Cl)c(Cl)c1)C(=O)C1=C(O)C(=O)N(CCN(C)S(C)(=O)=O)C1. The first-order valence-corrected chi connectivity index (χ1v) is 10.8. The van der Waals surface area contributed by atoms with Gasteiger partial charge in [0.2, 0.25) is 10.0 Å². The third-order valence-electron chi connectivity index (χ3n) is 4.38. The normalized spacial score (nSPS) is 14.9. The van der Waals surface area contributed by atoms with E-state index in [-0.39, 0.29) is 31.8 Å². The van der Waals surface area contributed by atoms with Crippen LogP contribution in [0.1, 0.15) is 5.56 Å². The second kappa shape index (κ2) is 8.69. The summed E-state index contributed by atoms with van der Waals surface area (Å²) in [6.45, 7) is 0.225. The summed E-state index contributed by atoms with van der Waals surface area (Å²) in [6.07, 6.45) is 1.06. The van der Waals surface area contributed by atoms with Gasteiger partial charge in [0.25, 0.3) is 11.8 Å². The molecule has 0 saturated carbocycles. The number of benzene rings is 1. The van der Waals surface area contributed by atoms with Crippen molar-refractivity contribution in [3.63, 3.8) is 0 Å². The first-order chi connectivity index (χ1) is 12.9. The maximum Gasteiger partial charge on any atom is 0.289 e. The molecule has 0 aromatic heterocycles. The Labute approximate surface area is 174 Å². The van der Waals surface area contributed by atoms with Crippen molar-refractivity contribution in [2.45, 2.75) is 6.54 Å². The first kappa shape index (κ1) is 22.5. The standard InChI is InChI=1S/C17H21Cl2N3O5S/c1-20(9-11-4-5-13(18)14(19)8-11)16(24)12-10-22(17(25)15(12)23)7-6-21(2)28(3,26)27/h4-5,8,23H,6-7,9-10H2,1-3H3. The lowest BCUT2D eigenvalue weighted by Gasteiger charge is -2.21. The van der Waals surface area contributed by atoms with Crippen LogP contribution in [0, 0.1) is 0 Å². The van der Waals surface area contributed by atoms with E-state index in [4.69, 9.17) is 23.2 Å². The van der Waals surface area contributed by atoms with Crippen LogP contribution in [0.4, 0.5) is 0 Å². The molecule has 0 unspecified atom stereocenters. The lowest BCUT2D eigenvalue weighted by atomic mass is 10.2. The van der Waals surface area contributed by atoms with Crippen LogP contribution in [-0.2, 0) is 26.2 Å². The van der Waals surface area contributed by atoms with Crippen LogP contribution < -0.4 is 0 Å². The molecule has 0 fully saturated rings. The Kier molecular flexibility index (Phi) is 6.97. The lowest BCUT2D eigenvalue weighted by Crippen LogP contribution is -2.38. The summed E-state index contributed by atoms with van der Waals surface area (Å²) in [5, 5.41) is 10.8. The van der Waals surface area contributed by atoms with Gasteiger partial charge in [-0.2, -0.15) is 0 Å². The monoisotopic (exact) mass is 449 g/mol. The molecule has 1 N–H and O–H groups in total. The van der Waals surface area contributed by atoms with Gasteiger partial charge in [0.05, 0.1) is 28.4 Å². The molecule has 0 bridgehead atoms. The van der Waals surface area contributed by atoms with E-state index in [1.54, 1.807) is 18.2 Å². The molecule has 0 radical (unpaired) electrons. The van der Waals surface area contributed by atoms with Gasteiger partial charge < -0.3 is 14.9 Å². The number of aliphatic hydroxyl groups excluding tert-OH is 1. The van der Waals surface area contributed by atoms with E-state index in [0.29, 0.717) is 10.0 Å². The van der Waals surface area contributed by atoms with Crippen molar-refractivity contribution in [3.8, 4) is 0 Å². The van der Waals surface area contributed by atoms with Gasteiger partial charge >= 0.3 is 0 Å². The van der Waals surface area contributed by atoms with Crippen LogP contribution in [0.25, 0.3) is 0 Å². The van der Waals surface area contributed by atoms with Crippen LogP contribution in [0.15, 0.2) is 29.5 Å². The maximum absolute atomic E-state index is 12.7. The molecular formula is C17H21Cl2N3O5S. The predicted octanol–water partition coefficient (Wildman–Crippen LogP) is 1.50. The molecule has 1 aliphatic rings. The molecule has 154 valence electrons. The number of carbonyl (C=O) groups is 2. The molecule has 28 heavy (non-hydrogen) atoms.